The number of amides is 1. The predicted molar refractivity (Wildman–Crippen MR) is 124 cm³/mol. The van der Waals surface area contributed by atoms with Gasteiger partial charge in [0, 0.05) is 12.6 Å². The number of carbonyl (C=O) groups is 1. The maximum atomic E-state index is 13.1. The molecule has 4 nitrogen and oxygen atoms in total. The summed E-state index contributed by atoms with van der Waals surface area (Å²) in [4.78, 5) is 13.1. The Morgan fingerprint density at radius 3 is 2.10 bits per heavy atom. The number of rotatable bonds is 10. The first-order valence-corrected chi connectivity index (χ1v) is 11.0. The first-order chi connectivity index (χ1) is 14.2. The van der Waals surface area contributed by atoms with Crippen LogP contribution >= 0.6 is 0 Å². The summed E-state index contributed by atoms with van der Waals surface area (Å²) in [5, 5.41) is 17.6. The van der Waals surface area contributed by atoms with Crippen molar-refractivity contribution in [3.63, 3.8) is 0 Å². The number of aliphatic hydroxyl groups excluding tert-OH is 1. The largest absolute Gasteiger partial charge is 0.390 e. The first-order valence-electron chi connectivity index (χ1n) is 11.0. The van der Waals surface area contributed by atoms with Crippen molar-refractivity contribution in [2.75, 3.05) is 6.54 Å². The van der Waals surface area contributed by atoms with Gasteiger partial charge in [-0.15, -0.1) is 0 Å². The maximum Gasteiger partial charge on any atom is 0.227 e. The molecule has 1 amide bonds. The molecule has 0 heterocycles. The van der Waals surface area contributed by atoms with E-state index < -0.39 is 6.10 Å². The molecular formula is C26H38N2O2. The Morgan fingerprint density at radius 2 is 1.57 bits per heavy atom. The molecule has 0 spiro atoms. The number of carbonyl (C=O) groups excluding carboxylic acids is 1. The second-order valence-electron chi connectivity index (χ2n) is 9.24. The maximum absolute atomic E-state index is 13.1. The summed E-state index contributed by atoms with van der Waals surface area (Å²) in [5.74, 6) is -0.259. The molecule has 0 aromatic heterocycles. The standard InChI is InChI=1S/C26H38N2O2/c1-6-22(21-15-11-8-12-16-21)25(30)28-23(17-20-13-9-7-10-14-20)24(29)18-27-19(2)26(3,4)5/h7-16,19,22-24,27,29H,6,17-18H2,1-5H3,(H,28,30)/t19?,22?,23-,24-/m1/s1. The van der Waals surface area contributed by atoms with Crippen LogP contribution in [0.4, 0.5) is 0 Å². The van der Waals surface area contributed by atoms with E-state index in [1.54, 1.807) is 0 Å². The van der Waals surface area contributed by atoms with Gasteiger partial charge in [-0.25, -0.2) is 0 Å². The van der Waals surface area contributed by atoms with Gasteiger partial charge in [-0.3, -0.25) is 4.79 Å². The van der Waals surface area contributed by atoms with Gasteiger partial charge in [-0.1, -0.05) is 88.4 Å². The van der Waals surface area contributed by atoms with Crippen molar-refractivity contribution < 1.29 is 9.90 Å². The number of hydrogen-bond donors (Lipinski definition) is 3. The highest BCUT2D eigenvalue weighted by Crippen LogP contribution is 2.21. The van der Waals surface area contributed by atoms with Gasteiger partial charge in [0.2, 0.25) is 5.91 Å². The summed E-state index contributed by atoms with van der Waals surface area (Å²) in [6.45, 7) is 11.1. The third-order valence-corrected chi connectivity index (χ3v) is 5.95. The van der Waals surface area contributed by atoms with E-state index >= 15 is 0 Å². The highest BCUT2D eigenvalue weighted by Gasteiger charge is 2.27. The lowest BCUT2D eigenvalue weighted by Crippen LogP contribution is -2.52. The molecule has 4 atom stereocenters. The Hall–Kier alpha value is -2.17. The summed E-state index contributed by atoms with van der Waals surface area (Å²) in [6.07, 6.45) is 0.612. The molecule has 2 rings (SSSR count). The third-order valence-electron chi connectivity index (χ3n) is 5.95. The van der Waals surface area contributed by atoms with Crippen LogP contribution in [-0.4, -0.2) is 35.7 Å². The molecule has 4 heteroatoms. The molecule has 0 aliphatic carbocycles. The highest BCUT2D eigenvalue weighted by molar-refractivity contribution is 5.83. The average molecular weight is 411 g/mol. The van der Waals surface area contributed by atoms with E-state index in [-0.39, 0.29) is 29.3 Å². The molecular weight excluding hydrogens is 372 g/mol. The van der Waals surface area contributed by atoms with Gasteiger partial charge < -0.3 is 15.7 Å². The highest BCUT2D eigenvalue weighted by atomic mass is 16.3. The summed E-state index contributed by atoms with van der Waals surface area (Å²) in [7, 11) is 0. The van der Waals surface area contributed by atoms with Gasteiger partial charge in [-0.2, -0.15) is 0 Å². The molecule has 0 saturated carbocycles. The quantitative estimate of drug-likeness (QED) is 0.547. The zero-order chi connectivity index (χ0) is 22.1. The van der Waals surface area contributed by atoms with Crippen molar-refractivity contribution in [3.05, 3.63) is 71.8 Å². The Kier molecular flexibility index (Phi) is 9.07. The van der Waals surface area contributed by atoms with Crippen LogP contribution in [0.15, 0.2) is 60.7 Å². The van der Waals surface area contributed by atoms with E-state index in [9.17, 15) is 9.90 Å². The zero-order valence-electron chi connectivity index (χ0n) is 19.1. The number of hydrogen-bond acceptors (Lipinski definition) is 3. The van der Waals surface area contributed by atoms with Crippen LogP contribution in [-0.2, 0) is 11.2 Å². The van der Waals surface area contributed by atoms with Crippen molar-refractivity contribution in [1.82, 2.24) is 10.6 Å². The van der Waals surface area contributed by atoms with Gasteiger partial charge in [0.1, 0.15) is 0 Å². The van der Waals surface area contributed by atoms with Crippen molar-refractivity contribution in [1.29, 1.82) is 0 Å². The molecule has 0 fully saturated rings. The topological polar surface area (TPSA) is 61.4 Å². The summed E-state index contributed by atoms with van der Waals surface area (Å²) < 4.78 is 0. The van der Waals surface area contributed by atoms with Crippen molar-refractivity contribution in [3.8, 4) is 0 Å². The molecule has 164 valence electrons. The lowest BCUT2D eigenvalue weighted by molar-refractivity contribution is -0.124. The normalized spacial score (nSPS) is 15.8. The monoisotopic (exact) mass is 410 g/mol. The fraction of sp³-hybridized carbons (Fsp3) is 0.500. The second kappa shape index (κ2) is 11.3. The lowest BCUT2D eigenvalue weighted by atomic mass is 9.88. The van der Waals surface area contributed by atoms with Crippen molar-refractivity contribution in [2.24, 2.45) is 5.41 Å². The summed E-state index contributed by atoms with van der Waals surface area (Å²) in [6, 6.07) is 19.7. The van der Waals surface area contributed by atoms with Crippen molar-refractivity contribution in [2.45, 2.75) is 71.6 Å². The van der Waals surface area contributed by atoms with Crippen LogP contribution in [0.25, 0.3) is 0 Å². The molecule has 0 aliphatic rings. The molecule has 0 aliphatic heterocycles. The van der Waals surface area contributed by atoms with Crippen molar-refractivity contribution >= 4 is 5.91 Å². The molecule has 2 aromatic carbocycles. The predicted octanol–water partition coefficient (Wildman–Crippen LogP) is 4.29. The smallest absolute Gasteiger partial charge is 0.227 e. The zero-order valence-corrected chi connectivity index (χ0v) is 19.1. The summed E-state index contributed by atoms with van der Waals surface area (Å²) in [5.41, 5.74) is 2.20. The fourth-order valence-corrected chi connectivity index (χ4v) is 3.44. The number of nitrogens with one attached hydrogen (secondary N) is 2. The van der Waals surface area contributed by atoms with E-state index in [1.807, 2.05) is 67.6 Å². The summed E-state index contributed by atoms with van der Waals surface area (Å²) >= 11 is 0. The minimum atomic E-state index is -0.688. The van der Waals surface area contributed by atoms with Crippen LogP contribution in [0.5, 0.6) is 0 Å². The Morgan fingerprint density at radius 1 is 1.00 bits per heavy atom. The van der Waals surface area contributed by atoms with Gasteiger partial charge in [0.15, 0.2) is 0 Å². The SMILES string of the molecule is CCC(C(=O)N[C@H](Cc1ccccc1)[C@H](O)CNC(C)C(C)(C)C)c1ccccc1. The number of benzene rings is 2. The fourth-order valence-electron chi connectivity index (χ4n) is 3.44. The van der Waals surface area contributed by atoms with E-state index in [1.165, 1.54) is 0 Å². The molecule has 30 heavy (non-hydrogen) atoms. The van der Waals surface area contributed by atoms with Gasteiger partial charge >= 0.3 is 0 Å². The van der Waals surface area contributed by atoms with E-state index in [4.69, 9.17) is 0 Å². The molecule has 2 aromatic rings. The molecule has 2 unspecified atom stereocenters. The minimum absolute atomic E-state index is 0.0347. The number of aliphatic hydroxyl groups is 1. The third kappa shape index (κ3) is 7.26. The first kappa shape index (κ1) is 24.1. The Labute approximate surface area is 182 Å². The Bertz CT molecular complexity index is 756. The molecule has 0 radical (unpaired) electrons. The van der Waals surface area contributed by atoms with E-state index in [2.05, 4.69) is 38.3 Å². The lowest BCUT2D eigenvalue weighted by Gasteiger charge is -2.32. The molecule has 0 saturated heterocycles. The Balaban J connectivity index is 2.13. The van der Waals surface area contributed by atoms with Gasteiger partial charge in [0.05, 0.1) is 18.1 Å². The van der Waals surface area contributed by atoms with E-state index in [0.29, 0.717) is 19.4 Å². The van der Waals surface area contributed by atoms with Crippen LogP contribution in [0.3, 0.4) is 0 Å². The minimum Gasteiger partial charge on any atom is -0.390 e. The molecule has 3 N–H and O–H groups in total. The van der Waals surface area contributed by atoms with Crippen LogP contribution in [0, 0.1) is 5.41 Å². The van der Waals surface area contributed by atoms with Crippen LogP contribution in [0.1, 0.15) is 58.1 Å². The van der Waals surface area contributed by atoms with Gasteiger partial charge in [-0.05, 0) is 36.3 Å². The average Bonchev–Trinajstić information content (AvgIpc) is 2.72. The van der Waals surface area contributed by atoms with Crippen LogP contribution < -0.4 is 10.6 Å². The molecule has 0 bridgehead atoms. The van der Waals surface area contributed by atoms with Gasteiger partial charge in [0.25, 0.3) is 0 Å². The van der Waals surface area contributed by atoms with E-state index in [0.717, 1.165) is 11.1 Å². The second-order valence-corrected chi connectivity index (χ2v) is 9.24. The van der Waals surface area contributed by atoms with Crippen LogP contribution in [0.2, 0.25) is 0 Å².